The molecule has 0 aliphatic carbocycles. The third-order valence-corrected chi connectivity index (χ3v) is 4.47. The fourth-order valence-corrected chi connectivity index (χ4v) is 3.23. The molecule has 0 atom stereocenters. The highest BCUT2D eigenvalue weighted by atomic mass is 79.9. The summed E-state index contributed by atoms with van der Waals surface area (Å²) in [5.41, 5.74) is 0. The smallest absolute Gasteiger partial charge is 0.306 e. The van der Waals surface area contributed by atoms with E-state index in [1.54, 1.807) is 6.07 Å². The molecule has 0 saturated carbocycles. The average molecular weight is 357 g/mol. The van der Waals surface area contributed by atoms with Gasteiger partial charge in [-0.15, -0.1) is 0 Å². The SMILES string of the molecule is COC(=O)CCNS(=O)(=O)c1ccc(Br)cc1Cl. The Kier molecular flexibility index (Phi) is 5.58. The van der Waals surface area contributed by atoms with E-state index in [4.69, 9.17) is 11.6 Å². The predicted molar refractivity (Wildman–Crippen MR) is 71.0 cm³/mol. The van der Waals surface area contributed by atoms with Gasteiger partial charge in [0.1, 0.15) is 4.90 Å². The Morgan fingerprint density at radius 3 is 2.72 bits per heavy atom. The molecule has 1 rings (SSSR count). The fraction of sp³-hybridized carbons (Fsp3) is 0.300. The first-order chi connectivity index (χ1) is 8.36. The predicted octanol–water partition coefficient (Wildman–Crippen LogP) is 1.94. The van der Waals surface area contributed by atoms with E-state index < -0.39 is 16.0 Å². The minimum atomic E-state index is -3.72. The third-order valence-electron chi connectivity index (χ3n) is 2.03. The van der Waals surface area contributed by atoms with Crippen molar-refractivity contribution >= 4 is 43.5 Å². The van der Waals surface area contributed by atoms with Gasteiger partial charge in [-0.3, -0.25) is 4.79 Å². The molecular weight excluding hydrogens is 346 g/mol. The Labute approximate surface area is 119 Å². The van der Waals surface area contributed by atoms with Crippen LogP contribution in [0.5, 0.6) is 0 Å². The van der Waals surface area contributed by atoms with Gasteiger partial charge in [-0.05, 0) is 18.2 Å². The van der Waals surface area contributed by atoms with Gasteiger partial charge in [0.2, 0.25) is 10.0 Å². The van der Waals surface area contributed by atoms with Gasteiger partial charge < -0.3 is 4.74 Å². The van der Waals surface area contributed by atoms with Crippen LogP contribution in [0, 0.1) is 0 Å². The largest absolute Gasteiger partial charge is 0.469 e. The van der Waals surface area contributed by atoms with Crippen molar-refractivity contribution in [1.29, 1.82) is 0 Å². The zero-order chi connectivity index (χ0) is 13.8. The molecule has 0 radical (unpaired) electrons. The standard InChI is InChI=1S/C10H11BrClNO4S/c1-17-10(14)4-5-13-18(15,16)9-3-2-7(11)6-8(9)12/h2-3,6,13H,4-5H2,1H3. The molecule has 18 heavy (non-hydrogen) atoms. The van der Waals surface area contributed by atoms with Gasteiger partial charge in [0.05, 0.1) is 18.6 Å². The number of carbonyl (C=O) groups excluding carboxylic acids is 1. The number of benzene rings is 1. The molecule has 0 aromatic heterocycles. The molecule has 1 aromatic rings. The highest BCUT2D eigenvalue weighted by Gasteiger charge is 2.17. The highest BCUT2D eigenvalue weighted by Crippen LogP contribution is 2.24. The van der Waals surface area contributed by atoms with Crippen molar-refractivity contribution in [2.45, 2.75) is 11.3 Å². The summed E-state index contributed by atoms with van der Waals surface area (Å²) >= 11 is 9.03. The summed E-state index contributed by atoms with van der Waals surface area (Å²) < 4.78 is 31.1. The van der Waals surface area contributed by atoms with E-state index in [-0.39, 0.29) is 22.9 Å². The molecule has 0 unspecified atom stereocenters. The second-order valence-corrected chi connectivity index (χ2v) is 6.36. The van der Waals surface area contributed by atoms with Gasteiger partial charge in [-0.25, -0.2) is 13.1 Å². The summed E-state index contributed by atoms with van der Waals surface area (Å²) in [4.78, 5) is 10.8. The number of sulfonamides is 1. The van der Waals surface area contributed by atoms with Crippen LogP contribution in [0.25, 0.3) is 0 Å². The third kappa shape index (κ3) is 4.24. The van der Waals surface area contributed by atoms with E-state index in [9.17, 15) is 13.2 Å². The quantitative estimate of drug-likeness (QED) is 0.818. The van der Waals surface area contributed by atoms with Crippen LogP contribution in [0.4, 0.5) is 0 Å². The monoisotopic (exact) mass is 355 g/mol. The lowest BCUT2D eigenvalue weighted by atomic mass is 10.4. The number of nitrogens with one attached hydrogen (secondary N) is 1. The van der Waals surface area contributed by atoms with Crippen molar-refractivity contribution in [3.05, 3.63) is 27.7 Å². The molecule has 0 aliphatic rings. The molecule has 100 valence electrons. The molecule has 0 bridgehead atoms. The molecule has 0 amide bonds. The van der Waals surface area contributed by atoms with E-state index in [1.165, 1.54) is 19.2 Å². The molecular formula is C10H11BrClNO4S. The van der Waals surface area contributed by atoms with E-state index >= 15 is 0 Å². The number of carbonyl (C=O) groups is 1. The Morgan fingerprint density at radius 2 is 2.17 bits per heavy atom. The molecule has 0 saturated heterocycles. The highest BCUT2D eigenvalue weighted by molar-refractivity contribution is 9.10. The number of hydrogen-bond acceptors (Lipinski definition) is 4. The minimum absolute atomic E-state index is 0.0303. The topological polar surface area (TPSA) is 72.5 Å². The average Bonchev–Trinajstić information content (AvgIpc) is 2.27. The number of methoxy groups -OCH3 is 1. The Balaban J connectivity index is 2.77. The van der Waals surface area contributed by atoms with Gasteiger partial charge in [0.15, 0.2) is 0 Å². The van der Waals surface area contributed by atoms with Crippen molar-refractivity contribution in [2.75, 3.05) is 13.7 Å². The first-order valence-corrected chi connectivity index (χ1v) is 7.54. The zero-order valence-corrected chi connectivity index (χ0v) is 12.6. The molecule has 0 spiro atoms. The molecule has 5 nitrogen and oxygen atoms in total. The number of hydrogen-bond donors (Lipinski definition) is 1. The first kappa shape index (κ1) is 15.4. The van der Waals surface area contributed by atoms with Crippen molar-refractivity contribution in [1.82, 2.24) is 4.72 Å². The van der Waals surface area contributed by atoms with Crippen molar-refractivity contribution in [3.8, 4) is 0 Å². The fourth-order valence-electron chi connectivity index (χ4n) is 1.16. The molecule has 0 fully saturated rings. The van der Waals surface area contributed by atoms with Gasteiger partial charge in [-0.2, -0.15) is 0 Å². The van der Waals surface area contributed by atoms with Crippen molar-refractivity contribution < 1.29 is 17.9 Å². The first-order valence-electron chi connectivity index (χ1n) is 4.88. The summed E-state index contributed by atoms with van der Waals surface area (Å²) in [5.74, 6) is -0.486. The summed E-state index contributed by atoms with van der Waals surface area (Å²) in [7, 11) is -2.48. The number of halogens is 2. The van der Waals surface area contributed by atoms with Crippen molar-refractivity contribution in [2.24, 2.45) is 0 Å². The maximum atomic E-state index is 11.9. The lowest BCUT2D eigenvalue weighted by Gasteiger charge is -2.08. The molecule has 1 N–H and O–H groups in total. The van der Waals surface area contributed by atoms with Gasteiger partial charge >= 0.3 is 5.97 Å². The van der Waals surface area contributed by atoms with Crippen molar-refractivity contribution in [3.63, 3.8) is 0 Å². The summed E-state index contributed by atoms with van der Waals surface area (Å²) in [6.45, 7) is -0.0403. The Hall–Kier alpha value is -0.630. The number of rotatable bonds is 5. The lowest BCUT2D eigenvalue weighted by Crippen LogP contribution is -2.26. The van der Waals surface area contributed by atoms with E-state index in [1.807, 2.05) is 0 Å². The Bertz CT molecular complexity index is 547. The summed E-state index contributed by atoms with van der Waals surface area (Å²) in [6, 6.07) is 4.43. The van der Waals surface area contributed by atoms with Crippen LogP contribution >= 0.6 is 27.5 Å². The van der Waals surface area contributed by atoms with Gasteiger partial charge in [0, 0.05) is 11.0 Å². The van der Waals surface area contributed by atoms with Crippen LogP contribution in [0.2, 0.25) is 5.02 Å². The second kappa shape index (κ2) is 6.51. The van der Waals surface area contributed by atoms with E-state index in [0.29, 0.717) is 4.47 Å². The second-order valence-electron chi connectivity index (χ2n) is 3.30. The van der Waals surface area contributed by atoms with Crippen LogP contribution < -0.4 is 4.72 Å². The summed E-state index contributed by atoms with van der Waals surface area (Å²) in [6.07, 6.45) is -0.0378. The number of ether oxygens (including phenoxy) is 1. The molecule has 8 heteroatoms. The minimum Gasteiger partial charge on any atom is -0.469 e. The van der Waals surface area contributed by atoms with E-state index in [2.05, 4.69) is 25.4 Å². The van der Waals surface area contributed by atoms with Gasteiger partial charge in [0.25, 0.3) is 0 Å². The maximum Gasteiger partial charge on any atom is 0.306 e. The molecule has 0 aliphatic heterocycles. The maximum absolute atomic E-state index is 11.9. The number of esters is 1. The van der Waals surface area contributed by atoms with Crippen LogP contribution in [-0.2, 0) is 19.6 Å². The molecule has 1 aromatic carbocycles. The van der Waals surface area contributed by atoms with Crippen LogP contribution in [0.1, 0.15) is 6.42 Å². The van der Waals surface area contributed by atoms with Crippen LogP contribution in [0.15, 0.2) is 27.6 Å². The lowest BCUT2D eigenvalue weighted by molar-refractivity contribution is -0.140. The zero-order valence-electron chi connectivity index (χ0n) is 9.44. The van der Waals surface area contributed by atoms with Gasteiger partial charge in [-0.1, -0.05) is 27.5 Å². The van der Waals surface area contributed by atoms with E-state index in [0.717, 1.165) is 0 Å². The summed E-state index contributed by atoms with van der Waals surface area (Å²) in [5, 5.41) is 0.106. The normalized spacial score (nSPS) is 11.3. The molecule has 0 heterocycles. The van der Waals surface area contributed by atoms with Crippen LogP contribution in [-0.4, -0.2) is 28.0 Å². The Morgan fingerprint density at radius 1 is 1.50 bits per heavy atom. The van der Waals surface area contributed by atoms with Crippen LogP contribution in [0.3, 0.4) is 0 Å².